The van der Waals surface area contributed by atoms with Gasteiger partial charge in [-0.1, -0.05) is 50.6 Å². The first-order valence-electron chi connectivity index (χ1n) is 10.6. The zero-order chi connectivity index (χ0) is 23.8. The van der Waals surface area contributed by atoms with Crippen LogP contribution in [-0.2, 0) is 14.3 Å². The minimum Gasteiger partial charge on any atom is -0.428 e. The third-order valence-corrected chi connectivity index (χ3v) is 5.17. The molecule has 0 saturated carbocycles. The molecule has 1 aliphatic heterocycles. The normalized spacial score (nSPS) is 22.1. The number of carbonyl (C=O) groups is 2. The third kappa shape index (κ3) is 5.82. The fourth-order valence-electron chi connectivity index (χ4n) is 3.66. The quantitative estimate of drug-likeness (QED) is 0.526. The monoisotopic (exact) mass is 428 g/mol. The summed E-state index contributed by atoms with van der Waals surface area (Å²) in [6.45, 7) is 17.2. The van der Waals surface area contributed by atoms with Crippen molar-refractivity contribution < 1.29 is 19.1 Å². The van der Waals surface area contributed by atoms with E-state index in [4.69, 9.17) is 20.2 Å². The van der Waals surface area contributed by atoms with Gasteiger partial charge >= 0.3 is 12.1 Å². The zero-order valence-corrected chi connectivity index (χ0v) is 20.3. The molecule has 0 spiro atoms. The van der Waals surface area contributed by atoms with Gasteiger partial charge in [-0.2, -0.15) is 0 Å². The Labute approximate surface area is 185 Å². The van der Waals surface area contributed by atoms with Crippen molar-refractivity contribution in [2.24, 2.45) is 16.1 Å². The van der Waals surface area contributed by atoms with Crippen LogP contribution in [0.4, 0.5) is 4.79 Å². The highest BCUT2D eigenvalue weighted by Crippen LogP contribution is 2.40. The lowest BCUT2D eigenvalue weighted by Crippen LogP contribution is -2.60. The molecule has 0 amide bonds. The van der Waals surface area contributed by atoms with Crippen LogP contribution in [0, 0.1) is 12.3 Å². The van der Waals surface area contributed by atoms with Gasteiger partial charge < -0.3 is 15.2 Å². The molecule has 0 aromatic heterocycles. The second-order valence-corrected chi connectivity index (χ2v) is 10.6. The summed E-state index contributed by atoms with van der Waals surface area (Å²) in [5.41, 5.74) is 8.59. The van der Waals surface area contributed by atoms with Crippen molar-refractivity contribution in [3.63, 3.8) is 0 Å². The van der Waals surface area contributed by atoms with Crippen molar-refractivity contribution >= 4 is 23.4 Å². The SMILES string of the molecule is CC1=C(c2ccc(C)cc2)C(N)(C(=O)OC(=O)OC(C)(C)C)C(C)N=C1CC(C)(C)C. The molecule has 2 N–H and O–H groups in total. The number of dihydropyridines is 1. The Morgan fingerprint density at radius 1 is 1.06 bits per heavy atom. The number of nitrogens with zero attached hydrogens (tertiary/aromatic N) is 1. The Morgan fingerprint density at radius 3 is 2.10 bits per heavy atom. The van der Waals surface area contributed by atoms with Crippen LogP contribution in [0.15, 0.2) is 34.8 Å². The highest BCUT2D eigenvalue weighted by molar-refractivity contribution is 6.14. The van der Waals surface area contributed by atoms with Crippen LogP contribution in [0.2, 0.25) is 0 Å². The van der Waals surface area contributed by atoms with Crippen LogP contribution in [0.5, 0.6) is 0 Å². The van der Waals surface area contributed by atoms with Crippen LogP contribution in [0.1, 0.15) is 72.9 Å². The fourth-order valence-corrected chi connectivity index (χ4v) is 3.66. The molecule has 0 radical (unpaired) electrons. The number of ether oxygens (including phenoxy) is 2. The molecular formula is C25H36N2O4. The molecule has 6 heteroatoms. The van der Waals surface area contributed by atoms with Gasteiger partial charge in [0.25, 0.3) is 0 Å². The smallest absolute Gasteiger partial charge is 0.428 e. The van der Waals surface area contributed by atoms with E-state index in [-0.39, 0.29) is 5.41 Å². The lowest BCUT2D eigenvalue weighted by Gasteiger charge is -2.39. The maximum absolute atomic E-state index is 13.3. The predicted molar refractivity (Wildman–Crippen MR) is 124 cm³/mol. The molecule has 0 aliphatic carbocycles. The highest BCUT2D eigenvalue weighted by Gasteiger charge is 2.50. The van der Waals surface area contributed by atoms with Crippen LogP contribution in [-0.4, -0.2) is 35.0 Å². The summed E-state index contributed by atoms with van der Waals surface area (Å²) in [5, 5.41) is 0. The molecular weight excluding hydrogens is 392 g/mol. The van der Waals surface area contributed by atoms with Crippen LogP contribution in [0.3, 0.4) is 0 Å². The first kappa shape index (κ1) is 24.8. The maximum Gasteiger partial charge on any atom is 0.516 e. The number of hydrogen-bond acceptors (Lipinski definition) is 6. The average Bonchev–Trinajstić information content (AvgIpc) is 2.58. The first-order chi connectivity index (χ1) is 14.0. The van der Waals surface area contributed by atoms with Crippen LogP contribution in [0.25, 0.3) is 5.57 Å². The van der Waals surface area contributed by atoms with Gasteiger partial charge in [0.1, 0.15) is 5.60 Å². The molecule has 31 heavy (non-hydrogen) atoms. The van der Waals surface area contributed by atoms with Gasteiger partial charge in [0.15, 0.2) is 5.54 Å². The molecule has 1 aromatic rings. The molecule has 1 aromatic carbocycles. The summed E-state index contributed by atoms with van der Waals surface area (Å²) in [6.07, 6.45) is -0.338. The fraction of sp³-hybridized carbons (Fsp3) is 0.560. The van der Waals surface area contributed by atoms with Gasteiger partial charge in [-0.05, 0) is 70.1 Å². The van der Waals surface area contributed by atoms with Gasteiger partial charge in [-0.3, -0.25) is 4.99 Å². The van der Waals surface area contributed by atoms with E-state index in [2.05, 4.69) is 20.8 Å². The molecule has 2 rings (SSSR count). The first-order valence-corrected chi connectivity index (χ1v) is 10.6. The standard InChI is InChI=1S/C25H36N2O4/c1-15-10-12-18(13-11-15)20-16(2)19(14-23(4,5)6)27-17(3)25(20,26)21(28)30-22(29)31-24(7,8)9/h10-13,17H,14,26H2,1-9H3. The Hall–Kier alpha value is -2.47. The van der Waals surface area contributed by atoms with Gasteiger partial charge in [-0.25, -0.2) is 9.59 Å². The van der Waals surface area contributed by atoms with Crippen LogP contribution >= 0.6 is 0 Å². The minimum absolute atomic E-state index is 0.00379. The molecule has 0 saturated heterocycles. The molecule has 2 atom stereocenters. The van der Waals surface area contributed by atoms with E-state index in [1.807, 2.05) is 38.1 Å². The summed E-state index contributed by atoms with van der Waals surface area (Å²) < 4.78 is 10.2. The number of nitrogens with two attached hydrogens (primary N) is 1. The minimum atomic E-state index is -1.63. The molecule has 1 aliphatic rings. The van der Waals surface area contributed by atoms with E-state index in [9.17, 15) is 9.59 Å². The van der Waals surface area contributed by atoms with E-state index in [0.717, 1.165) is 28.8 Å². The lowest BCUT2D eigenvalue weighted by molar-refractivity contribution is -0.146. The number of allylic oxidation sites excluding steroid dienone is 1. The molecule has 0 fully saturated rings. The highest BCUT2D eigenvalue weighted by atomic mass is 16.7. The topological polar surface area (TPSA) is 91.0 Å². The van der Waals surface area contributed by atoms with Crippen molar-refractivity contribution in [2.75, 3.05) is 0 Å². The largest absolute Gasteiger partial charge is 0.516 e. The Kier molecular flexibility index (Phi) is 6.86. The van der Waals surface area contributed by atoms with Gasteiger partial charge in [-0.15, -0.1) is 0 Å². The summed E-state index contributed by atoms with van der Waals surface area (Å²) in [7, 11) is 0. The van der Waals surface area contributed by atoms with E-state index in [1.54, 1.807) is 27.7 Å². The number of aryl methyl sites for hydroxylation is 1. The number of hydrogen-bond donors (Lipinski definition) is 1. The average molecular weight is 429 g/mol. The predicted octanol–water partition coefficient (Wildman–Crippen LogP) is 5.22. The third-order valence-electron chi connectivity index (χ3n) is 5.17. The lowest BCUT2D eigenvalue weighted by atomic mass is 9.73. The summed E-state index contributed by atoms with van der Waals surface area (Å²) in [5.74, 6) is -0.872. The van der Waals surface area contributed by atoms with E-state index in [0.29, 0.717) is 5.57 Å². The Bertz CT molecular complexity index is 914. The summed E-state index contributed by atoms with van der Waals surface area (Å²) in [4.78, 5) is 30.3. The Morgan fingerprint density at radius 2 is 1.61 bits per heavy atom. The van der Waals surface area contributed by atoms with Crippen molar-refractivity contribution in [1.82, 2.24) is 0 Å². The van der Waals surface area contributed by atoms with Crippen molar-refractivity contribution in [1.29, 1.82) is 0 Å². The molecule has 6 nitrogen and oxygen atoms in total. The van der Waals surface area contributed by atoms with E-state index >= 15 is 0 Å². The number of benzene rings is 1. The molecule has 0 bridgehead atoms. The van der Waals surface area contributed by atoms with E-state index in [1.165, 1.54) is 0 Å². The number of esters is 1. The van der Waals surface area contributed by atoms with Gasteiger partial charge in [0.2, 0.25) is 0 Å². The molecule has 170 valence electrons. The number of rotatable bonds is 3. The van der Waals surface area contributed by atoms with Crippen molar-refractivity contribution in [3.8, 4) is 0 Å². The van der Waals surface area contributed by atoms with Crippen molar-refractivity contribution in [3.05, 3.63) is 41.0 Å². The number of carbonyl (C=O) groups excluding carboxylic acids is 2. The molecule has 1 heterocycles. The second kappa shape index (κ2) is 8.58. The zero-order valence-electron chi connectivity index (χ0n) is 20.3. The van der Waals surface area contributed by atoms with E-state index < -0.39 is 29.3 Å². The Balaban J connectivity index is 2.57. The summed E-state index contributed by atoms with van der Waals surface area (Å²) >= 11 is 0. The molecule has 2 unspecified atom stereocenters. The van der Waals surface area contributed by atoms with Gasteiger partial charge in [0.05, 0.1) is 6.04 Å². The number of aliphatic imine (C=N–C) groups is 1. The van der Waals surface area contributed by atoms with Crippen molar-refractivity contribution in [2.45, 2.75) is 85.9 Å². The van der Waals surface area contributed by atoms with Gasteiger partial charge in [0, 0.05) is 5.71 Å². The van der Waals surface area contributed by atoms with Crippen LogP contribution < -0.4 is 5.73 Å². The maximum atomic E-state index is 13.3. The summed E-state index contributed by atoms with van der Waals surface area (Å²) in [6, 6.07) is 7.18. The second-order valence-electron chi connectivity index (χ2n) is 10.6.